The number of carbonyl (C=O) groups is 1. The summed E-state index contributed by atoms with van der Waals surface area (Å²) in [5, 5.41) is 12.8. The quantitative estimate of drug-likeness (QED) is 0.306. The number of hydrogen-bond acceptors (Lipinski definition) is 7. The maximum absolute atomic E-state index is 12.4. The second kappa shape index (κ2) is 12.4. The van der Waals surface area contributed by atoms with Gasteiger partial charge in [0.15, 0.2) is 5.82 Å². The summed E-state index contributed by atoms with van der Waals surface area (Å²) in [5.41, 5.74) is 1.92. The molecule has 9 nitrogen and oxygen atoms in total. The second-order valence-electron chi connectivity index (χ2n) is 10.2. The molecule has 0 radical (unpaired) electrons. The number of piperidine rings is 1. The molecule has 3 N–H and O–H groups in total. The normalized spacial score (nSPS) is 13.9. The fourth-order valence-corrected chi connectivity index (χ4v) is 4.03. The van der Waals surface area contributed by atoms with Crippen LogP contribution in [0.25, 0.3) is 0 Å². The van der Waals surface area contributed by atoms with Crippen LogP contribution < -0.4 is 16.0 Å². The van der Waals surface area contributed by atoms with E-state index in [0.717, 1.165) is 36.5 Å². The Morgan fingerprint density at radius 2 is 1.95 bits per heavy atom. The molecule has 1 saturated heterocycles. The Bertz CT molecular complexity index is 1250. The average Bonchev–Trinajstić information content (AvgIpc) is 3.36. The van der Waals surface area contributed by atoms with Crippen molar-refractivity contribution in [3.8, 4) is 11.8 Å². The van der Waals surface area contributed by atoms with E-state index in [2.05, 4.69) is 47.8 Å². The zero-order chi connectivity index (χ0) is 26.1. The molecule has 1 aromatic carbocycles. The number of urea groups is 1. The first-order valence-electron chi connectivity index (χ1n) is 12.8. The predicted octanol–water partition coefficient (Wildman–Crippen LogP) is 5.09. The fraction of sp³-hybridized carbons (Fsp3) is 0.429. The highest BCUT2D eigenvalue weighted by molar-refractivity contribution is 5.99. The standard InChI is InChI=1S/C28H35N7O2/c1-28(2,3)24-18-25(34-37-24)33-27(36)32-23-10-7-9-21(17-23)11-12-22-19-29-20-31-26(22)30-13-8-16-35-14-5-4-6-15-35/h7,9-10,17-20H,4-6,8,13-16H2,1-3H3,(H,29,30,31)(H2,32,33,34,36). The molecule has 0 unspecified atom stereocenters. The molecule has 1 aliphatic rings. The number of hydrogen-bond donors (Lipinski definition) is 3. The van der Waals surface area contributed by atoms with Gasteiger partial charge in [-0.2, -0.15) is 0 Å². The highest BCUT2D eigenvalue weighted by atomic mass is 16.5. The van der Waals surface area contributed by atoms with Crippen molar-refractivity contribution in [3.63, 3.8) is 0 Å². The lowest BCUT2D eigenvalue weighted by Crippen LogP contribution is -2.31. The number of rotatable bonds is 7. The minimum Gasteiger partial charge on any atom is -0.369 e. The van der Waals surface area contributed by atoms with Crippen molar-refractivity contribution in [2.75, 3.05) is 42.1 Å². The number of nitrogens with zero attached hydrogens (tertiary/aromatic N) is 4. The van der Waals surface area contributed by atoms with Crippen molar-refractivity contribution in [1.29, 1.82) is 0 Å². The number of amides is 2. The SMILES string of the molecule is CC(C)(C)c1cc(NC(=O)Nc2cccc(C#Cc3cncnc3NCCCN3CCCCC3)c2)no1. The number of anilines is 3. The molecule has 3 heterocycles. The Kier molecular flexibility index (Phi) is 8.75. The predicted molar refractivity (Wildman–Crippen MR) is 146 cm³/mol. The lowest BCUT2D eigenvalue weighted by atomic mass is 9.93. The smallest absolute Gasteiger partial charge is 0.324 e. The summed E-state index contributed by atoms with van der Waals surface area (Å²) in [4.78, 5) is 23.5. The summed E-state index contributed by atoms with van der Waals surface area (Å²) in [6, 6.07) is 8.66. The number of carbonyl (C=O) groups excluding carboxylic acids is 1. The fourth-order valence-electron chi connectivity index (χ4n) is 4.03. The minimum atomic E-state index is -0.411. The second-order valence-corrected chi connectivity index (χ2v) is 10.2. The Balaban J connectivity index is 1.32. The molecule has 0 spiro atoms. The van der Waals surface area contributed by atoms with Crippen LogP contribution in [0.1, 0.15) is 63.3 Å². The Labute approximate surface area is 218 Å². The van der Waals surface area contributed by atoms with Gasteiger partial charge in [0.05, 0.1) is 5.56 Å². The summed E-state index contributed by atoms with van der Waals surface area (Å²) in [5.74, 6) is 8.10. The van der Waals surface area contributed by atoms with E-state index in [4.69, 9.17) is 4.52 Å². The van der Waals surface area contributed by atoms with E-state index < -0.39 is 6.03 Å². The van der Waals surface area contributed by atoms with Crippen molar-refractivity contribution in [2.45, 2.75) is 51.9 Å². The first-order chi connectivity index (χ1) is 17.9. The van der Waals surface area contributed by atoms with Crippen LogP contribution in [0.5, 0.6) is 0 Å². The number of benzene rings is 1. The van der Waals surface area contributed by atoms with E-state index in [1.807, 2.05) is 39.0 Å². The van der Waals surface area contributed by atoms with Gasteiger partial charge in [-0.1, -0.05) is 50.3 Å². The molecule has 0 atom stereocenters. The van der Waals surface area contributed by atoms with Crippen molar-refractivity contribution >= 4 is 23.4 Å². The van der Waals surface area contributed by atoms with Gasteiger partial charge in [-0.05, 0) is 57.1 Å². The monoisotopic (exact) mass is 501 g/mol. The summed E-state index contributed by atoms with van der Waals surface area (Å²) in [7, 11) is 0. The Hall–Kier alpha value is -3.90. The molecule has 1 aliphatic heterocycles. The van der Waals surface area contributed by atoms with Gasteiger partial charge in [0.25, 0.3) is 0 Å². The Morgan fingerprint density at radius 1 is 1.11 bits per heavy atom. The van der Waals surface area contributed by atoms with E-state index in [1.165, 1.54) is 38.7 Å². The van der Waals surface area contributed by atoms with Gasteiger partial charge in [-0.25, -0.2) is 14.8 Å². The first-order valence-corrected chi connectivity index (χ1v) is 12.8. The molecule has 1 fully saturated rings. The molecule has 9 heteroatoms. The molecule has 0 aliphatic carbocycles. The molecule has 37 heavy (non-hydrogen) atoms. The largest absolute Gasteiger partial charge is 0.369 e. The third-order valence-electron chi connectivity index (χ3n) is 6.06. The van der Waals surface area contributed by atoms with Crippen molar-refractivity contribution in [3.05, 3.63) is 59.7 Å². The number of nitrogens with one attached hydrogen (secondary N) is 3. The molecular formula is C28H35N7O2. The molecule has 194 valence electrons. The first kappa shape index (κ1) is 26.2. The lowest BCUT2D eigenvalue weighted by Gasteiger charge is -2.26. The molecule has 2 amide bonds. The third kappa shape index (κ3) is 8.05. The van der Waals surface area contributed by atoms with Crippen molar-refractivity contribution < 1.29 is 9.32 Å². The van der Waals surface area contributed by atoms with Gasteiger partial charge in [-0.3, -0.25) is 5.32 Å². The van der Waals surface area contributed by atoms with Crippen LogP contribution in [0.15, 0.2) is 47.4 Å². The maximum Gasteiger partial charge on any atom is 0.324 e. The van der Waals surface area contributed by atoms with Crippen molar-refractivity contribution in [2.24, 2.45) is 0 Å². The highest BCUT2D eigenvalue weighted by Gasteiger charge is 2.20. The molecule has 0 saturated carbocycles. The van der Waals surface area contributed by atoms with E-state index in [0.29, 0.717) is 17.3 Å². The summed E-state index contributed by atoms with van der Waals surface area (Å²) in [6.45, 7) is 10.4. The maximum atomic E-state index is 12.4. The van der Waals surface area contributed by atoms with Crippen LogP contribution >= 0.6 is 0 Å². The average molecular weight is 502 g/mol. The zero-order valence-electron chi connectivity index (χ0n) is 21.8. The molecule has 2 aromatic heterocycles. The van der Waals surface area contributed by atoms with Gasteiger partial charge in [0, 0.05) is 35.5 Å². The van der Waals surface area contributed by atoms with Gasteiger partial charge in [-0.15, -0.1) is 0 Å². The number of aromatic nitrogens is 3. The summed E-state index contributed by atoms with van der Waals surface area (Å²) >= 11 is 0. The molecule has 3 aromatic rings. The summed E-state index contributed by atoms with van der Waals surface area (Å²) < 4.78 is 5.31. The topological polar surface area (TPSA) is 108 Å². The van der Waals surface area contributed by atoms with Crippen LogP contribution in [0, 0.1) is 11.8 Å². The van der Waals surface area contributed by atoms with Crippen LogP contribution in [0.3, 0.4) is 0 Å². The molecule has 0 bridgehead atoms. The zero-order valence-corrected chi connectivity index (χ0v) is 21.8. The lowest BCUT2D eigenvalue weighted by molar-refractivity contribution is 0.228. The van der Waals surface area contributed by atoms with E-state index in [1.54, 1.807) is 18.3 Å². The van der Waals surface area contributed by atoms with Gasteiger partial charge in [0.1, 0.15) is 17.9 Å². The van der Waals surface area contributed by atoms with Crippen LogP contribution in [-0.4, -0.2) is 52.2 Å². The third-order valence-corrected chi connectivity index (χ3v) is 6.06. The molecular weight excluding hydrogens is 466 g/mol. The van der Waals surface area contributed by atoms with Crippen molar-refractivity contribution in [1.82, 2.24) is 20.0 Å². The van der Waals surface area contributed by atoms with Gasteiger partial charge < -0.3 is 20.1 Å². The minimum absolute atomic E-state index is 0.192. The molecule has 4 rings (SSSR count). The van der Waals surface area contributed by atoms with E-state index in [-0.39, 0.29) is 5.41 Å². The van der Waals surface area contributed by atoms with E-state index in [9.17, 15) is 4.79 Å². The number of likely N-dealkylation sites (tertiary alicyclic amines) is 1. The van der Waals surface area contributed by atoms with E-state index >= 15 is 0 Å². The van der Waals surface area contributed by atoms with Crippen LogP contribution in [-0.2, 0) is 5.41 Å². The summed E-state index contributed by atoms with van der Waals surface area (Å²) in [6.07, 6.45) is 8.26. The highest BCUT2D eigenvalue weighted by Crippen LogP contribution is 2.24. The van der Waals surface area contributed by atoms with Crippen LogP contribution in [0.2, 0.25) is 0 Å². The van der Waals surface area contributed by atoms with Gasteiger partial charge in [0.2, 0.25) is 0 Å². The Morgan fingerprint density at radius 3 is 2.73 bits per heavy atom. The van der Waals surface area contributed by atoms with Gasteiger partial charge >= 0.3 is 6.03 Å². The van der Waals surface area contributed by atoms with Crippen LogP contribution in [0.4, 0.5) is 22.1 Å².